The summed E-state index contributed by atoms with van der Waals surface area (Å²) in [5.74, 6) is 1.59. The second kappa shape index (κ2) is 7.44. The molecule has 0 spiro atoms. The average Bonchev–Trinajstić information content (AvgIpc) is 2.67. The maximum Gasteiger partial charge on any atom is 0.161 e. The van der Waals surface area contributed by atoms with Crippen LogP contribution in [0.2, 0.25) is 0 Å². The van der Waals surface area contributed by atoms with Gasteiger partial charge in [-0.25, -0.2) is 0 Å². The molecule has 2 N–H and O–H groups in total. The third-order valence-electron chi connectivity index (χ3n) is 4.70. The molecule has 0 bridgehead atoms. The first-order chi connectivity index (χ1) is 12.3. The van der Waals surface area contributed by atoms with Crippen LogP contribution in [0.15, 0.2) is 42.5 Å². The Labute approximate surface area is 147 Å². The van der Waals surface area contributed by atoms with Gasteiger partial charge in [0.25, 0.3) is 0 Å². The molecule has 5 heteroatoms. The number of aliphatic hydroxyl groups is 1. The van der Waals surface area contributed by atoms with E-state index in [4.69, 9.17) is 14.2 Å². The summed E-state index contributed by atoms with van der Waals surface area (Å²) in [6, 6.07) is 14.3. The van der Waals surface area contributed by atoms with E-state index in [2.05, 4.69) is 29.6 Å². The number of hydrogen-bond donors (Lipinski definition) is 2. The summed E-state index contributed by atoms with van der Waals surface area (Å²) in [4.78, 5) is 0. The van der Waals surface area contributed by atoms with E-state index in [1.807, 2.05) is 18.2 Å². The van der Waals surface area contributed by atoms with Crippen LogP contribution in [0.5, 0.6) is 11.5 Å². The molecule has 2 unspecified atom stereocenters. The Bertz CT molecular complexity index is 719. The summed E-state index contributed by atoms with van der Waals surface area (Å²) in [6.45, 7) is 2.37. The lowest BCUT2D eigenvalue weighted by molar-refractivity contribution is 0.0868. The Morgan fingerprint density at radius 1 is 1.08 bits per heavy atom. The fourth-order valence-corrected chi connectivity index (χ4v) is 3.47. The van der Waals surface area contributed by atoms with Crippen molar-refractivity contribution in [1.82, 2.24) is 5.32 Å². The Kier molecular flexibility index (Phi) is 4.88. The van der Waals surface area contributed by atoms with Gasteiger partial charge in [0.1, 0.15) is 13.2 Å². The predicted octanol–water partition coefficient (Wildman–Crippen LogP) is 2.22. The fourth-order valence-electron chi connectivity index (χ4n) is 3.47. The van der Waals surface area contributed by atoms with Crippen LogP contribution in [0, 0.1) is 0 Å². The van der Waals surface area contributed by atoms with Crippen molar-refractivity contribution < 1.29 is 19.3 Å². The zero-order chi connectivity index (χ0) is 17.1. The van der Waals surface area contributed by atoms with Gasteiger partial charge in [0.2, 0.25) is 0 Å². The van der Waals surface area contributed by atoms with Gasteiger partial charge in [-0.2, -0.15) is 0 Å². The monoisotopic (exact) mass is 341 g/mol. The summed E-state index contributed by atoms with van der Waals surface area (Å²) in [5.41, 5.74) is 3.51. The van der Waals surface area contributed by atoms with Crippen LogP contribution < -0.4 is 14.8 Å². The number of nitrogens with one attached hydrogen (secondary N) is 1. The van der Waals surface area contributed by atoms with E-state index >= 15 is 0 Å². The van der Waals surface area contributed by atoms with Crippen LogP contribution in [-0.2, 0) is 17.8 Å². The lowest BCUT2D eigenvalue weighted by Crippen LogP contribution is -2.43. The molecule has 0 saturated carbocycles. The van der Waals surface area contributed by atoms with Gasteiger partial charge in [0, 0.05) is 6.04 Å². The summed E-state index contributed by atoms with van der Waals surface area (Å²) in [5, 5.41) is 13.1. The van der Waals surface area contributed by atoms with Crippen LogP contribution in [0.25, 0.3) is 0 Å². The molecule has 0 amide bonds. The van der Waals surface area contributed by atoms with Crippen molar-refractivity contribution >= 4 is 0 Å². The summed E-state index contributed by atoms with van der Waals surface area (Å²) < 4.78 is 17.4. The zero-order valence-corrected chi connectivity index (χ0v) is 14.1. The molecule has 2 aliphatic heterocycles. The smallest absolute Gasteiger partial charge is 0.161 e. The third-order valence-corrected chi connectivity index (χ3v) is 4.70. The molecule has 0 aliphatic carbocycles. The number of ether oxygens (including phenoxy) is 3. The van der Waals surface area contributed by atoms with E-state index in [0.29, 0.717) is 26.4 Å². The van der Waals surface area contributed by atoms with Crippen molar-refractivity contribution in [3.05, 3.63) is 59.2 Å². The van der Waals surface area contributed by atoms with Gasteiger partial charge in [0.15, 0.2) is 11.5 Å². The van der Waals surface area contributed by atoms with Crippen LogP contribution >= 0.6 is 0 Å². The molecule has 2 atom stereocenters. The van der Waals surface area contributed by atoms with Gasteiger partial charge in [-0.3, -0.25) is 0 Å². The average molecular weight is 341 g/mol. The normalized spacial score (nSPS) is 21.6. The molecule has 2 aliphatic rings. The molecule has 132 valence electrons. The zero-order valence-electron chi connectivity index (χ0n) is 14.1. The Morgan fingerprint density at radius 2 is 1.84 bits per heavy atom. The van der Waals surface area contributed by atoms with E-state index in [9.17, 15) is 5.11 Å². The second-order valence-corrected chi connectivity index (χ2v) is 6.50. The van der Waals surface area contributed by atoms with Gasteiger partial charge in [-0.15, -0.1) is 0 Å². The molecule has 2 aromatic rings. The Balaban J connectivity index is 1.51. The Morgan fingerprint density at radius 3 is 2.60 bits per heavy atom. The third kappa shape index (κ3) is 3.63. The van der Waals surface area contributed by atoms with Crippen molar-refractivity contribution in [3.63, 3.8) is 0 Å². The number of rotatable bonds is 5. The summed E-state index contributed by atoms with van der Waals surface area (Å²) in [6.07, 6.45) is 0.775. The Hall–Kier alpha value is -2.08. The molecular formula is C20H23NO4. The molecule has 25 heavy (non-hydrogen) atoms. The first-order valence-electron chi connectivity index (χ1n) is 8.74. The fraction of sp³-hybridized carbons (Fsp3) is 0.400. The first kappa shape index (κ1) is 16.4. The highest BCUT2D eigenvalue weighted by Gasteiger charge is 2.28. The molecule has 0 radical (unpaired) electrons. The maximum absolute atomic E-state index is 9.62. The number of hydrogen-bond acceptors (Lipinski definition) is 5. The highest BCUT2D eigenvalue weighted by atomic mass is 16.6. The highest BCUT2D eigenvalue weighted by molar-refractivity contribution is 5.50. The van der Waals surface area contributed by atoms with Crippen LogP contribution in [0.3, 0.4) is 0 Å². The van der Waals surface area contributed by atoms with E-state index in [0.717, 1.165) is 23.5 Å². The SMILES string of the molecule is OCC1Cc2cc3c(cc2C(COCc2ccccc2)N1)OCCO3. The van der Waals surface area contributed by atoms with Gasteiger partial charge >= 0.3 is 0 Å². The topological polar surface area (TPSA) is 60.0 Å². The molecule has 4 rings (SSSR count). The molecule has 2 aromatic carbocycles. The van der Waals surface area contributed by atoms with E-state index in [1.54, 1.807) is 0 Å². The van der Waals surface area contributed by atoms with E-state index in [-0.39, 0.29) is 18.7 Å². The lowest BCUT2D eigenvalue weighted by atomic mass is 9.90. The van der Waals surface area contributed by atoms with Crippen molar-refractivity contribution in [2.75, 3.05) is 26.4 Å². The van der Waals surface area contributed by atoms with Gasteiger partial charge in [0.05, 0.1) is 25.9 Å². The number of aliphatic hydroxyl groups excluding tert-OH is 1. The highest BCUT2D eigenvalue weighted by Crippen LogP contribution is 2.38. The quantitative estimate of drug-likeness (QED) is 0.873. The minimum atomic E-state index is 0.0281. The second-order valence-electron chi connectivity index (χ2n) is 6.50. The van der Waals surface area contributed by atoms with Crippen molar-refractivity contribution in [2.24, 2.45) is 0 Å². The van der Waals surface area contributed by atoms with E-state index < -0.39 is 0 Å². The number of benzene rings is 2. The largest absolute Gasteiger partial charge is 0.486 e. The van der Waals surface area contributed by atoms with Crippen molar-refractivity contribution in [2.45, 2.75) is 25.1 Å². The molecular weight excluding hydrogens is 318 g/mol. The van der Waals surface area contributed by atoms with Gasteiger partial charge in [-0.1, -0.05) is 30.3 Å². The van der Waals surface area contributed by atoms with Crippen LogP contribution in [-0.4, -0.2) is 37.6 Å². The lowest BCUT2D eigenvalue weighted by Gasteiger charge is -2.33. The standard InChI is InChI=1S/C20H23NO4/c22-11-16-8-15-9-19-20(25-7-6-24-19)10-17(15)18(21-16)13-23-12-14-4-2-1-3-5-14/h1-5,9-10,16,18,21-22H,6-8,11-13H2. The maximum atomic E-state index is 9.62. The van der Waals surface area contributed by atoms with E-state index in [1.165, 1.54) is 11.1 Å². The van der Waals surface area contributed by atoms with Crippen molar-refractivity contribution in [1.29, 1.82) is 0 Å². The minimum Gasteiger partial charge on any atom is -0.486 e. The van der Waals surface area contributed by atoms with Crippen LogP contribution in [0.4, 0.5) is 0 Å². The molecule has 2 heterocycles. The molecule has 0 fully saturated rings. The summed E-state index contributed by atoms with van der Waals surface area (Å²) in [7, 11) is 0. The summed E-state index contributed by atoms with van der Waals surface area (Å²) >= 11 is 0. The molecule has 0 saturated heterocycles. The van der Waals surface area contributed by atoms with Gasteiger partial charge in [-0.05, 0) is 35.2 Å². The molecule has 0 aromatic heterocycles. The predicted molar refractivity (Wildman–Crippen MR) is 94.0 cm³/mol. The van der Waals surface area contributed by atoms with Gasteiger partial charge < -0.3 is 24.6 Å². The number of fused-ring (bicyclic) bond motifs is 2. The van der Waals surface area contributed by atoms with Crippen LogP contribution in [0.1, 0.15) is 22.7 Å². The van der Waals surface area contributed by atoms with Crippen molar-refractivity contribution in [3.8, 4) is 11.5 Å². The molecule has 5 nitrogen and oxygen atoms in total. The minimum absolute atomic E-state index is 0.0281. The first-order valence-corrected chi connectivity index (χ1v) is 8.74.